The molecule has 0 unspecified atom stereocenters. The van der Waals surface area contributed by atoms with Gasteiger partial charge in [0.1, 0.15) is 12.4 Å². The Balaban J connectivity index is 1.76. The predicted molar refractivity (Wildman–Crippen MR) is 79.5 cm³/mol. The third-order valence-corrected chi connectivity index (χ3v) is 4.06. The number of piperazine rings is 1. The molecule has 0 radical (unpaired) electrons. The molecule has 1 aromatic rings. The fraction of sp³-hybridized carbons (Fsp3) is 0.571. The molecule has 0 amide bonds. The monoisotopic (exact) mass is 328 g/mol. The Hall–Kier alpha value is -0.620. The topological polar surface area (TPSA) is 35.9 Å². The third-order valence-electron chi connectivity index (χ3n) is 3.44. The van der Waals surface area contributed by atoms with Gasteiger partial charge in [0.15, 0.2) is 0 Å². The van der Waals surface area contributed by atoms with Gasteiger partial charge in [-0.3, -0.25) is 4.90 Å². The van der Waals surface area contributed by atoms with Crippen molar-refractivity contribution in [3.05, 3.63) is 28.2 Å². The van der Waals surface area contributed by atoms with E-state index in [1.54, 1.807) is 0 Å². The number of likely N-dealkylation sites (N-methyl/N-ethyl adjacent to an activating group) is 1. The summed E-state index contributed by atoms with van der Waals surface area (Å²) in [6.07, 6.45) is 0. The predicted octanol–water partition coefficient (Wildman–Crippen LogP) is 1.57. The number of halogens is 1. The second-order valence-corrected chi connectivity index (χ2v) is 5.77. The standard InChI is InChI=1S/C14H21BrN2O2/c1-16-4-6-17(7-5-16)8-9-19-14-3-2-12(11-18)10-13(14)15/h2-3,10,18H,4-9,11H2,1H3. The zero-order valence-electron chi connectivity index (χ0n) is 11.3. The number of aliphatic hydroxyl groups excluding tert-OH is 1. The van der Waals surface area contributed by atoms with Crippen LogP contribution in [0, 0.1) is 0 Å². The summed E-state index contributed by atoms with van der Waals surface area (Å²) < 4.78 is 6.68. The second-order valence-electron chi connectivity index (χ2n) is 4.92. The van der Waals surface area contributed by atoms with Gasteiger partial charge < -0.3 is 14.7 Å². The van der Waals surface area contributed by atoms with Crippen LogP contribution in [0.1, 0.15) is 5.56 Å². The molecule has 0 aromatic heterocycles. The second kappa shape index (κ2) is 7.24. The maximum atomic E-state index is 9.05. The lowest BCUT2D eigenvalue weighted by atomic mass is 10.2. The van der Waals surface area contributed by atoms with E-state index >= 15 is 0 Å². The van der Waals surface area contributed by atoms with Crippen molar-refractivity contribution in [2.75, 3.05) is 46.4 Å². The van der Waals surface area contributed by atoms with Crippen LogP contribution in [0.4, 0.5) is 0 Å². The van der Waals surface area contributed by atoms with Crippen molar-refractivity contribution >= 4 is 15.9 Å². The Kier molecular flexibility index (Phi) is 5.63. The molecule has 2 rings (SSSR count). The Morgan fingerprint density at radius 1 is 1.26 bits per heavy atom. The molecule has 1 aliphatic rings. The summed E-state index contributed by atoms with van der Waals surface area (Å²) in [5.74, 6) is 0.839. The molecule has 0 spiro atoms. The highest BCUT2D eigenvalue weighted by molar-refractivity contribution is 9.10. The van der Waals surface area contributed by atoms with Gasteiger partial charge in [0.05, 0.1) is 11.1 Å². The normalized spacial score (nSPS) is 17.6. The fourth-order valence-corrected chi connectivity index (χ4v) is 2.66. The van der Waals surface area contributed by atoms with Crippen molar-refractivity contribution < 1.29 is 9.84 Å². The first kappa shape index (κ1) is 14.8. The molecule has 0 saturated carbocycles. The van der Waals surface area contributed by atoms with E-state index in [0.29, 0.717) is 6.61 Å². The number of nitrogens with zero attached hydrogens (tertiary/aromatic N) is 2. The van der Waals surface area contributed by atoms with Gasteiger partial charge in [-0.05, 0) is 40.7 Å². The van der Waals surface area contributed by atoms with Crippen molar-refractivity contribution in [3.8, 4) is 5.75 Å². The van der Waals surface area contributed by atoms with Crippen molar-refractivity contribution in [2.45, 2.75) is 6.61 Å². The third kappa shape index (κ3) is 4.45. The molecule has 19 heavy (non-hydrogen) atoms. The molecule has 1 N–H and O–H groups in total. The van der Waals surface area contributed by atoms with Gasteiger partial charge in [0, 0.05) is 32.7 Å². The molecule has 0 aliphatic carbocycles. The van der Waals surface area contributed by atoms with Crippen molar-refractivity contribution in [1.29, 1.82) is 0 Å². The summed E-state index contributed by atoms with van der Waals surface area (Å²) in [6, 6.07) is 5.68. The highest BCUT2D eigenvalue weighted by Crippen LogP contribution is 2.26. The Morgan fingerprint density at radius 3 is 2.63 bits per heavy atom. The average Bonchev–Trinajstić information content (AvgIpc) is 2.42. The van der Waals surface area contributed by atoms with E-state index in [0.717, 1.165) is 48.5 Å². The van der Waals surface area contributed by atoms with Crippen molar-refractivity contribution in [2.24, 2.45) is 0 Å². The molecule has 106 valence electrons. The van der Waals surface area contributed by atoms with Crippen LogP contribution < -0.4 is 4.74 Å². The summed E-state index contributed by atoms with van der Waals surface area (Å²) in [7, 11) is 2.16. The Labute approximate surface area is 123 Å². The maximum absolute atomic E-state index is 9.05. The van der Waals surface area contributed by atoms with Crippen LogP contribution in [0.5, 0.6) is 5.75 Å². The molecule has 4 nitrogen and oxygen atoms in total. The number of aliphatic hydroxyl groups is 1. The lowest BCUT2D eigenvalue weighted by Gasteiger charge is -2.32. The zero-order valence-corrected chi connectivity index (χ0v) is 12.9. The number of ether oxygens (including phenoxy) is 1. The summed E-state index contributed by atoms with van der Waals surface area (Å²) in [5, 5.41) is 9.05. The number of hydrogen-bond donors (Lipinski definition) is 1. The van der Waals surface area contributed by atoms with E-state index in [1.165, 1.54) is 0 Å². The first-order valence-electron chi connectivity index (χ1n) is 6.62. The summed E-state index contributed by atoms with van der Waals surface area (Å²) in [5.41, 5.74) is 0.887. The van der Waals surface area contributed by atoms with Crippen LogP contribution in [0.15, 0.2) is 22.7 Å². The van der Waals surface area contributed by atoms with Gasteiger partial charge in [0.2, 0.25) is 0 Å². The molecule has 0 atom stereocenters. The van der Waals surface area contributed by atoms with E-state index in [-0.39, 0.29) is 6.61 Å². The van der Waals surface area contributed by atoms with Crippen molar-refractivity contribution in [3.63, 3.8) is 0 Å². The maximum Gasteiger partial charge on any atom is 0.133 e. The largest absolute Gasteiger partial charge is 0.491 e. The van der Waals surface area contributed by atoms with E-state index in [1.807, 2.05) is 18.2 Å². The van der Waals surface area contributed by atoms with Gasteiger partial charge in [0.25, 0.3) is 0 Å². The molecule has 1 heterocycles. The van der Waals surface area contributed by atoms with Crippen LogP contribution >= 0.6 is 15.9 Å². The molecule has 5 heteroatoms. The smallest absolute Gasteiger partial charge is 0.133 e. The first-order valence-corrected chi connectivity index (χ1v) is 7.41. The van der Waals surface area contributed by atoms with Crippen molar-refractivity contribution in [1.82, 2.24) is 9.80 Å². The van der Waals surface area contributed by atoms with E-state index in [9.17, 15) is 0 Å². The lowest BCUT2D eigenvalue weighted by Crippen LogP contribution is -2.45. The van der Waals surface area contributed by atoms with E-state index < -0.39 is 0 Å². The SMILES string of the molecule is CN1CCN(CCOc2ccc(CO)cc2Br)CC1. The number of hydrogen-bond acceptors (Lipinski definition) is 4. The summed E-state index contributed by atoms with van der Waals surface area (Å²) >= 11 is 3.47. The molecule has 0 bridgehead atoms. The first-order chi connectivity index (χ1) is 9.19. The average molecular weight is 329 g/mol. The minimum Gasteiger partial charge on any atom is -0.491 e. The quantitative estimate of drug-likeness (QED) is 0.890. The zero-order chi connectivity index (χ0) is 13.7. The van der Waals surface area contributed by atoms with E-state index in [4.69, 9.17) is 9.84 Å². The highest BCUT2D eigenvalue weighted by Gasteiger charge is 2.13. The summed E-state index contributed by atoms with van der Waals surface area (Å²) in [6.45, 7) is 6.21. The van der Waals surface area contributed by atoms with Gasteiger partial charge in [-0.25, -0.2) is 0 Å². The van der Waals surface area contributed by atoms with Crippen LogP contribution in [0.2, 0.25) is 0 Å². The van der Waals surface area contributed by atoms with Gasteiger partial charge >= 0.3 is 0 Å². The van der Waals surface area contributed by atoms with Crippen LogP contribution in [0.25, 0.3) is 0 Å². The van der Waals surface area contributed by atoms with Crippen LogP contribution in [-0.4, -0.2) is 61.3 Å². The molecule has 1 aromatic carbocycles. The van der Waals surface area contributed by atoms with Crippen LogP contribution in [0.3, 0.4) is 0 Å². The van der Waals surface area contributed by atoms with E-state index in [2.05, 4.69) is 32.8 Å². The lowest BCUT2D eigenvalue weighted by molar-refractivity contribution is 0.133. The van der Waals surface area contributed by atoms with Gasteiger partial charge in [-0.1, -0.05) is 6.07 Å². The van der Waals surface area contributed by atoms with Gasteiger partial charge in [-0.15, -0.1) is 0 Å². The van der Waals surface area contributed by atoms with Gasteiger partial charge in [-0.2, -0.15) is 0 Å². The summed E-state index contributed by atoms with van der Waals surface area (Å²) in [4.78, 5) is 4.78. The minimum atomic E-state index is 0.0557. The van der Waals surface area contributed by atoms with Crippen LogP contribution in [-0.2, 0) is 6.61 Å². The number of benzene rings is 1. The highest BCUT2D eigenvalue weighted by atomic mass is 79.9. The Morgan fingerprint density at radius 2 is 2.00 bits per heavy atom. The number of rotatable bonds is 5. The molecular weight excluding hydrogens is 308 g/mol. The molecule has 1 fully saturated rings. The molecule has 1 aliphatic heterocycles. The fourth-order valence-electron chi connectivity index (χ4n) is 2.12. The molecule has 1 saturated heterocycles. The molecular formula is C14H21BrN2O2. The Bertz CT molecular complexity index is 406. The minimum absolute atomic E-state index is 0.0557.